The van der Waals surface area contributed by atoms with Crippen molar-refractivity contribution in [2.24, 2.45) is 0 Å². The summed E-state index contributed by atoms with van der Waals surface area (Å²) in [5.74, 6) is 0. The smallest absolute Gasteiger partial charge is 0.0461 e. The SMILES string of the molecule is C=CC(=C)N(C(=C)/C=C\C)c1ccccc1. The standard InChI is InChI=1S/C15H17N/c1-5-10-14(4)16(13(3)6-2)15-11-8-7-9-12-15/h5-12H,2-4H2,1H3/b10-5-. The van der Waals surface area contributed by atoms with Crippen LogP contribution in [0, 0.1) is 0 Å². The van der Waals surface area contributed by atoms with Crippen LogP contribution < -0.4 is 4.90 Å². The van der Waals surface area contributed by atoms with Crippen LogP contribution >= 0.6 is 0 Å². The van der Waals surface area contributed by atoms with Crippen molar-refractivity contribution in [3.8, 4) is 0 Å². The molecule has 0 aliphatic rings. The second-order valence-corrected chi connectivity index (χ2v) is 3.36. The lowest BCUT2D eigenvalue weighted by molar-refractivity contribution is 1.16. The highest BCUT2D eigenvalue weighted by Crippen LogP contribution is 2.23. The molecule has 0 bridgehead atoms. The molecule has 82 valence electrons. The summed E-state index contributed by atoms with van der Waals surface area (Å²) in [5, 5.41) is 0. The van der Waals surface area contributed by atoms with E-state index in [9.17, 15) is 0 Å². The van der Waals surface area contributed by atoms with E-state index in [-0.39, 0.29) is 0 Å². The first-order chi connectivity index (χ1) is 7.70. The summed E-state index contributed by atoms with van der Waals surface area (Å²) >= 11 is 0. The van der Waals surface area contributed by atoms with E-state index in [1.165, 1.54) is 0 Å². The van der Waals surface area contributed by atoms with Crippen LogP contribution in [0.5, 0.6) is 0 Å². The van der Waals surface area contributed by atoms with Gasteiger partial charge in [0.1, 0.15) is 0 Å². The number of hydrogen-bond acceptors (Lipinski definition) is 1. The number of nitrogens with zero attached hydrogens (tertiary/aromatic N) is 1. The van der Waals surface area contributed by atoms with Crippen molar-refractivity contribution in [1.29, 1.82) is 0 Å². The average Bonchev–Trinajstić information content (AvgIpc) is 2.31. The molecule has 0 unspecified atom stereocenters. The van der Waals surface area contributed by atoms with Gasteiger partial charge in [0.15, 0.2) is 0 Å². The maximum absolute atomic E-state index is 4.02. The lowest BCUT2D eigenvalue weighted by Gasteiger charge is -2.25. The van der Waals surface area contributed by atoms with Crippen molar-refractivity contribution in [2.45, 2.75) is 6.92 Å². The summed E-state index contributed by atoms with van der Waals surface area (Å²) in [6.45, 7) is 13.7. The van der Waals surface area contributed by atoms with E-state index in [0.29, 0.717) is 0 Å². The second kappa shape index (κ2) is 5.76. The molecule has 0 fully saturated rings. The number of anilines is 1. The molecule has 0 atom stereocenters. The number of benzene rings is 1. The molecule has 0 saturated carbocycles. The first kappa shape index (κ1) is 12.1. The van der Waals surface area contributed by atoms with Gasteiger partial charge in [-0.25, -0.2) is 0 Å². The lowest BCUT2D eigenvalue weighted by atomic mass is 10.2. The van der Waals surface area contributed by atoms with Crippen LogP contribution in [-0.2, 0) is 0 Å². The summed E-state index contributed by atoms with van der Waals surface area (Å²) < 4.78 is 0. The van der Waals surface area contributed by atoms with Gasteiger partial charge >= 0.3 is 0 Å². The third-order valence-corrected chi connectivity index (χ3v) is 2.18. The van der Waals surface area contributed by atoms with Gasteiger partial charge in [0.2, 0.25) is 0 Å². The fourth-order valence-electron chi connectivity index (χ4n) is 1.45. The molecule has 16 heavy (non-hydrogen) atoms. The Morgan fingerprint density at radius 2 is 1.75 bits per heavy atom. The van der Waals surface area contributed by atoms with Crippen molar-refractivity contribution in [2.75, 3.05) is 4.90 Å². The van der Waals surface area contributed by atoms with E-state index in [2.05, 4.69) is 19.7 Å². The van der Waals surface area contributed by atoms with Crippen LogP contribution in [0.15, 0.2) is 79.7 Å². The predicted octanol–water partition coefficient (Wildman–Crippen LogP) is 4.28. The van der Waals surface area contributed by atoms with Crippen LogP contribution in [0.4, 0.5) is 5.69 Å². The zero-order valence-corrected chi connectivity index (χ0v) is 9.69. The van der Waals surface area contributed by atoms with Gasteiger partial charge in [-0.15, -0.1) is 0 Å². The monoisotopic (exact) mass is 211 g/mol. The molecule has 1 aromatic carbocycles. The highest BCUT2D eigenvalue weighted by Gasteiger charge is 2.08. The molecule has 1 nitrogen and oxygen atoms in total. The van der Waals surface area contributed by atoms with Gasteiger partial charge in [0.25, 0.3) is 0 Å². The molecule has 1 aromatic rings. The minimum absolute atomic E-state index is 0.814. The van der Waals surface area contributed by atoms with Gasteiger partial charge in [-0.2, -0.15) is 0 Å². The minimum atomic E-state index is 0.814. The highest BCUT2D eigenvalue weighted by molar-refractivity contribution is 5.61. The Hall–Kier alpha value is -2.02. The van der Waals surface area contributed by atoms with E-state index in [0.717, 1.165) is 17.1 Å². The van der Waals surface area contributed by atoms with E-state index in [1.54, 1.807) is 6.08 Å². The Kier molecular flexibility index (Phi) is 4.34. The van der Waals surface area contributed by atoms with Crippen LogP contribution in [0.3, 0.4) is 0 Å². The second-order valence-electron chi connectivity index (χ2n) is 3.36. The van der Waals surface area contributed by atoms with Gasteiger partial charge in [-0.05, 0) is 31.2 Å². The Morgan fingerprint density at radius 1 is 1.12 bits per heavy atom. The summed E-state index contributed by atoms with van der Waals surface area (Å²) in [6, 6.07) is 9.99. The number of para-hydroxylation sites is 1. The van der Waals surface area contributed by atoms with Crippen LogP contribution in [0.2, 0.25) is 0 Å². The summed E-state index contributed by atoms with van der Waals surface area (Å²) in [5.41, 5.74) is 2.73. The Bertz CT molecular complexity index is 412. The van der Waals surface area contributed by atoms with Crippen molar-refractivity contribution in [3.05, 3.63) is 79.7 Å². The minimum Gasteiger partial charge on any atom is -0.312 e. The summed E-state index contributed by atoms with van der Waals surface area (Å²) in [4.78, 5) is 1.97. The Morgan fingerprint density at radius 3 is 2.25 bits per heavy atom. The summed E-state index contributed by atoms with van der Waals surface area (Å²) in [6.07, 6.45) is 5.62. The maximum Gasteiger partial charge on any atom is 0.0461 e. The lowest BCUT2D eigenvalue weighted by Crippen LogP contribution is -2.18. The van der Waals surface area contributed by atoms with Crippen LogP contribution in [0.1, 0.15) is 6.92 Å². The largest absolute Gasteiger partial charge is 0.312 e. The first-order valence-electron chi connectivity index (χ1n) is 5.18. The fourth-order valence-corrected chi connectivity index (χ4v) is 1.45. The highest BCUT2D eigenvalue weighted by atomic mass is 15.1. The third kappa shape index (κ3) is 2.74. The molecular weight excluding hydrogens is 194 g/mol. The van der Waals surface area contributed by atoms with Crippen molar-refractivity contribution < 1.29 is 0 Å². The molecule has 0 aromatic heterocycles. The first-order valence-corrected chi connectivity index (χ1v) is 5.18. The zero-order valence-electron chi connectivity index (χ0n) is 9.69. The van der Waals surface area contributed by atoms with E-state index in [4.69, 9.17) is 0 Å². The van der Waals surface area contributed by atoms with Crippen LogP contribution in [0.25, 0.3) is 0 Å². The third-order valence-electron chi connectivity index (χ3n) is 2.18. The van der Waals surface area contributed by atoms with Crippen molar-refractivity contribution in [3.63, 3.8) is 0 Å². The molecule has 0 N–H and O–H groups in total. The van der Waals surface area contributed by atoms with Gasteiger partial charge in [0.05, 0.1) is 0 Å². The van der Waals surface area contributed by atoms with E-state index in [1.807, 2.05) is 54.3 Å². The van der Waals surface area contributed by atoms with E-state index >= 15 is 0 Å². The Balaban J connectivity index is 3.11. The number of allylic oxidation sites excluding steroid dienone is 3. The molecule has 0 aliphatic carbocycles. The molecule has 0 heterocycles. The van der Waals surface area contributed by atoms with Gasteiger partial charge < -0.3 is 4.90 Å². The van der Waals surface area contributed by atoms with Gasteiger partial charge in [0, 0.05) is 17.1 Å². The molecule has 0 spiro atoms. The molecule has 1 heteroatoms. The van der Waals surface area contributed by atoms with Crippen molar-refractivity contribution >= 4 is 5.69 Å². The molecular formula is C15H17N. The molecule has 0 radical (unpaired) electrons. The average molecular weight is 211 g/mol. The normalized spacial score (nSPS) is 10.1. The van der Waals surface area contributed by atoms with Crippen LogP contribution in [-0.4, -0.2) is 0 Å². The number of rotatable bonds is 5. The summed E-state index contributed by atoms with van der Waals surface area (Å²) in [7, 11) is 0. The van der Waals surface area contributed by atoms with Gasteiger partial charge in [-0.3, -0.25) is 0 Å². The fraction of sp³-hybridized carbons (Fsp3) is 0.0667. The zero-order chi connectivity index (χ0) is 12.0. The number of hydrogen-bond donors (Lipinski definition) is 0. The maximum atomic E-state index is 4.02. The predicted molar refractivity (Wildman–Crippen MR) is 72.2 cm³/mol. The van der Waals surface area contributed by atoms with E-state index < -0.39 is 0 Å². The Labute approximate surface area is 97.7 Å². The quantitative estimate of drug-likeness (QED) is 0.657. The topological polar surface area (TPSA) is 3.24 Å². The van der Waals surface area contributed by atoms with Crippen molar-refractivity contribution in [1.82, 2.24) is 0 Å². The molecule has 0 amide bonds. The molecule has 1 rings (SSSR count). The van der Waals surface area contributed by atoms with Gasteiger partial charge in [-0.1, -0.05) is 44.0 Å². The molecule has 0 aliphatic heterocycles. The molecule has 0 saturated heterocycles.